The van der Waals surface area contributed by atoms with Gasteiger partial charge in [0.05, 0.1) is 17.0 Å². The maximum absolute atomic E-state index is 9.31. The van der Waals surface area contributed by atoms with Crippen molar-refractivity contribution in [2.75, 3.05) is 0 Å². The zero-order chi connectivity index (χ0) is 38.9. The van der Waals surface area contributed by atoms with Crippen molar-refractivity contribution in [3.63, 3.8) is 0 Å². The molecule has 5 heteroatoms. The molecule has 0 saturated carbocycles. The number of nitriles is 1. The molecule has 1 aliphatic rings. The second-order valence-corrected chi connectivity index (χ2v) is 14.3. The van der Waals surface area contributed by atoms with E-state index in [0.29, 0.717) is 23.0 Å². The monoisotopic (exact) mass is 742 g/mol. The summed E-state index contributed by atoms with van der Waals surface area (Å²) < 4.78 is 6.75. The van der Waals surface area contributed by atoms with Gasteiger partial charge in [0.25, 0.3) is 0 Å². The van der Waals surface area contributed by atoms with Gasteiger partial charge in [0.2, 0.25) is 0 Å². The van der Waals surface area contributed by atoms with E-state index in [9.17, 15) is 5.26 Å². The van der Waals surface area contributed by atoms with Gasteiger partial charge in [-0.05, 0) is 63.7 Å². The molecule has 0 saturated heterocycles. The van der Waals surface area contributed by atoms with Gasteiger partial charge in [0.15, 0.2) is 17.5 Å². The number of rotatable bonds is 7. The Kier molecular flexibility index (Phi) is 8.70. The zero-order valence-corrected chi connectivity index (χ0v) is 31.3. The minimum atomic E-state index is -0.651. The molecule has 58 heavy (non-hydrogen) atoms. The first kappa shape index (κ1) is 34.5. The Morgan fingerprint density at radius 3 is 1.53 bits per heavy atom. The highest BCUT2D eigenvalue weighted by atomic mass is 16.5. The van der Waals surface area contributed by atoms with Crippen LogP contribution >= 0.6 is 0 Å². The van der Waals surface area contributed by atoms with E-state index in [0.717, 1.165) is 72.7 Å². The summed E-state index contributed by atoms with van der Waals surface area (Å²) in [4.78, 5) is 15.1. The molecular weight excluding hydrogens is 709 g/mol. The molecule has 0 amide bonds. The largest absolute Gasteiger partial charge is 0.457 e. The molecule has 0 N–H and O–H groups in total. The fraction of sp³-hybridized carbons (Fsp3) is 0.0189. The van der Waals surface area contributed by atoms with Gasteiger partial charge in [-0.3, -0.25) is 0 Å². The molecule has 1 aromatic heterocycles. The van der Waals surface area contributed by atoms with Crippen LogP contribution in [0.1, 0.15) is 27.8 Å². The van der Waals surface area contributed by atoms with Crippen molar-refractivity contribution in [2.45, 2.75) is 5.41 Å². The Bertz CT molecular complexity index is 2920. The van der Waals surface area contributed by atoms with Gasteiger partial charge in [0.1, 0.15) is 11.5 Å². The van der Waals surface area contributed by atoms with Crippen LogP contribution in [-0.2, 0) is 5.41 Å². The molecule has 0 radical (unpaired) electrons. The third kappa shape index (κ3) is 6.01. The fourth-order valence-electron chi connectivity index (χ4n) is 8.23. The van der Waals surface area contributed by atoms with Crippen molar-refractivity contribution in [1.29, 1.82) is 5.26 Å². The van der Waals surface area contributed by atoms with Gasteiger partial charge in [-0.15, -0.1) is 0 Å². The molecule has 0 bridgehead atoms. The summed E-state index contributed by atoms with van der Waals surface area (Å²) in [6, 6.07) is 72.7. The Labute approximate surface area is 337 Å². The third-order valence-electron chi connectivity index (χ3n) is 10.9. The number of nitrogens with zero attached hydrogens (tertiary/aromatic N) is 4. The highest BCUT2D eigenvalue weighted by Crippen LogP contribution is 2.57. The van der Waals surface area contributed by atoms with Crippen molar-refractivity contribution in [3.05, 3.63) is 234 Å². The van der Waals surface area contributed by atoms with Gasteiger partial charge >= 0.3 is 0 Å². The minimum absolute atomic E-state index is 0.576. The van der Waals surface area contributed by atoms with Crippen LogP contribution in [0.2, 0.25) is 0 Å². The van der Waals surface area contributed by atoms with Gasteiger partial charge in [-0.2, -0.15) is 5.26 Å². The summed E-state index contributed by atoms with van der Waals surface area (Å²) in [6.07, 6.45) is 0. The van der Waals surface area contributed by atoms with E-state index in [1.807, 2.05) is 72.8 Å². The predicted molar refractivity (Wildman–Crippen MR) is 230 cm³/mol. The number of aromatic nitrogens is 3. The number of benzene rings is 8. The quantitative estimate of drug-likeness (QED) is 0.163. The van der Waals surface area contributed by atoms with E-state index in [2.05, 4.69) is 140 Å². The molecule has 5 nitrogen and oxygen atoms in total. The second kappa shape index (κ2) is 14.6. The standard InChI is InChI=1S/C53H34N4O/c54-35-36-26-28-37(29-27-36)41-16-12-17-42(34-41)52-56-50(39-14-4-1-5-15-39)55-51(57-52)40-32-30-38(31-33-40)45-22-13-25-48-49(45)53(43-18-6-2-7-19-43,44-20-8-3-9-21-44)46-23-10-11-24-47(46)58-48/h1-34H. The first-order valence-electron chi connectivity index (χ1n) is 19.2. The average Bonchev–Trinajstić information content (AvgIpc) is 3.31. The lowest BCUT2D eigenvalue weighted by molar-refractivity contribution is 0.435. The zero-order valence-electron chi connectivity index (χ0n) is 31.3. The molecule has 0 fully saturated rings. The van der Waals surface area contributed by atoms with Crippen molar-refractivity contribution >= 4 is 0 Å². The average molecular weight is 743 g/mol. The molecule has 0 spiro atoms. The van der Waals surface area contributed by atoms with E-state index in [4.69, 9.17) is 19.7 Å². The van der Waals surface area contributed by atoms with Crippen LogP contribution in [-0.4, -0.2) is 15.0 Å². The van der Waals surface area contributed by atoms with Crippen LogP contribution in [0.25, 0.3) is 56.4 Å². The van der Waals surface area contributed by atoms with Crippen molar-refractivity contribution < 1.29 is 4.74 Å². The fourth-order valence-corrected chi connectivity index (χ4v) is 8.23. The number of hydrogen-bond donors (Lipinski definition) is 0. The number of ether oxygens (including phenoxy) is 1. The van der Waals surface area contributed by atoms with Crippen molar-refractivity contribution in [1.82, 2.24) is 15.0 Å². The van der Waals surface area contributed by atoms with Crippen LogP contribution in [0, 0.1) is 11.3 Å². The van der Waals surface area contributed by atoms with E-state index >= 15 is 0 Å². The number of fused-ring (bicyclic) bond motifs is 2. The van der Waals surface area contributed by atoms with E-state index in [1.165, 1.54) is 0 Å². The Morgan fingerprint density at radius 2 is 0.879 bits per heavy atom. The predicted octanol–water partition coefficient (Wildman–Crippen LogP) is 12.6. The first-order valence-corrected chi connectivity index (χ1v) is 19.2. The summed E-state index contributed by atoms with van der Waals surface area (Å²) in [6.45, 7) is 0. The third-order valence-corrected chi connectivity index (χ3v) is 10.9. The minimum Gasteiger partial charge on any atom is -0.457 e. The van der Waals surface area contributed by atoms with E-state index < -0.39 is 5.41 Å². The molecular formula is C53H34N4O. The normalized spacial score (nSPS) is 12.4. The van der Waals surface area contributed by atoms with Gasteiger partial charge in [-0.1, -0.05) is 176 Å². The molecule has 0 aliphatic carbocycles. The topological polar surface area (TPSA) is 71.7 Å². The lowest BCUT2D eigenvalue weighted by Gasteiger charge is -2.42. The van der Waals surface area contributed by atoms with Crippen molar-refractivity contribution in [3.8, 4) is 74.0 Å². The molecule has 1 aliphatic heterocycles. The molecule has 0 unspecified atom stereocenters. The Hall–Kier alpha value is -7.94. The number of para-hydroxylation sites is 1. The summed E-state index contributed by atoms with van der Waals surface area (Å²) in [7, 11) is 0. The van der Waals surface area contributed by atoms with Crippen LogP contribution in [0.15, 0.2) is 206 Å². The van der Waals surface area contributed by atoms with Gasteiger partial charge in [0, 0.05) is 27.8 Å². The summed E-state index contributed by atoms with van der Waals surface area (Å²) in [5, 5.41) is 9.31. The van der Waals surface area contributed by atoms with Crippen LogP contribution < -0.4 is 4.74 Å². The van der Waals surface area contributed by atoms with Crippen LogP contribution in [0.3, 0.4) is 0 Å². The lowest BCUT2D eigenvalue weighted by atomic mass is 9.62. The lowest BCUT2D eigenvalue weighted by Crippen LogP contribution is -2.34. The molecule has 272 valence electrons. The summed E-state index contributed by atoms with van der Waals surface area (Å²) in [5.74, 6) is 3.42. The van der Waals surface area contributed by atoms with Gasteiger partial charge in [-0.25, -0.2) is 15.0 Å². The van der Waals surface area contributed by atoms with E-state index in [-0.39, 0.29) is 0 Å². The molecule has 10 rings (SSSR count). The summed E-state index contributed by atoms with van der Waals surface area (Å²) >= 11 is 0. The maximum Gasteiger partial charge on any atom is 0.164 e. The molecule has 8 aromatic carbocycles. The van der Waals surface area contributed by atoms with E-state index in [1.54, 1.807) is 0 Å². The molecule has 9 aromatic rings. The van der Waals surface area contributed by atoms with Gasteiger partial charge < -0.3 is 4.74 Å². The van der Waals surface area contributed by atoms with Crippen molar-refractivity contribution in [2.24, 2.45) is 0 Å². The summed E-state index contributed by atoms with van der Waals surface area (Å²) in [5.41, 5.74) is 11.3. The molecule has 2 heterocycles. The Balaban J connectivity index is 1.11. The smallest absolute Gasteiger partial charge is 0.164 e. The number of hydrogen-bond acceptors (Lipinski definition) is 5. The van der Waals surface area contributed by atoms with Crippen LogP contribution in [0.5, 0.6) is 11.5 Å². The second-order valence-electron chi connectivity index (χ2n) is 14.3. The maximum atomic E-state index is 9.31. The van der Waals surface area contributed by atoms with Crippen LogP contribution in [0.4, 0.5) is 0 Å². The SMILES string of the molecule is N#Cc1ccc(-c2cccc(-c3nc(-c4ccccc4)nc(-c4ccc(-c5cccc6c5C(c5ccccc5)(c5ccccc5)c5ccccc5O6)cc4)n3)c2)cc1. The highest BCUT2D eigenvalue weighted by Gasteiger charge is 2.46. The molecule has 0 atom stereocenters. The Morgan fingerprint density at radius 1 is 0.397 bits per heavy atom. The first-order chi connectivity index (χ1) is 28.7. The highest BCUT2D eigenvalue weighted by molar-refractivity contribution is 5.82.